The van der Waals surface area contributed by atoms with E-state index in [9.17, 15) is 22.4 Å². The van der Waals surface area contributed by atoms with Gasteiger partial charge in [-0.1, -0.05) is 80.6 Å². The van der Waals surface area contributed by atoms with Crippen molar-refractivity contribution < 1.29 is 22.4 Å². The van der Waals surface area contributed by atoms with E-state index in [2.05, 4.69) is 5.32 Å². The number of nitrogens with zero attached hydrogens (tertiary/aromatic N) is 2. The van der Waals surface area contributed by atoms with Gasteiger partial charge in [0, 0.05) is 32.5 Å². The number of rotatable bonds is 14. The number of sulfonamides is 1. The molecule has 2 amide bonds. The molecule has 0 bridgehead atoms. The van der Waals surface area contributed by atoms with Crippen molar-refractivity contribution in [1.82, 2.24) is 10.2 Å². The SMILES string of the molecule is Cc1ccccc1CN(C(=O)CCCN(c1ccccc1F)S(C)(=O)=O)[C@@H](Cc1ccccc1)C(=O)NCC(C)C. The largest absolute Gasteiger partial charge is 0.354 e. The van der Waals surface area contributed by atoms with Gasteiger partial charge in [0.2, 0.25) is 21.8 Å². The highest BCUT2D eigenvalue weighted by Gasteiger charge is 2.31. The van der Waals surface area contributed by atoms with Crippen LogP contribution in [-0.4, -0.2) is 50.5 Å². The number of hydrogen-bond acceptors (Lipinski definition) is 4. The second-order valence-corrected chi connectivity index (χ2v) is 12.6. The molecule has 0 saturated carbocycles. The van der Waals surface area contributed by atoms with Crippen molar-refractivity contribution in [2.24, 2.45) is 5.92 Å². The Kier molecular flexibility index (Phi) is 11.5. The molecule has 0 fully saturated rings. The Morgan fingerprint density at radius 3 is 2.20 bits per heavy atom. The molecule has 3 rings (SSSR count). The Labute approximate surface area is 243 Å². The van der Waals surface area contributed by atoms with Gasteiger partial charge in [-0.05, 0) is 48.1 Å². The highest BCUT2D eigenvalue weighted by molar-refractivity contribution is 7.92. The average Bonchev–Trinajstić information content (AvgIpc) is 2.93. The molecule has 0 saturated heterocycles. The first kappa shape index (κ1) is 31.8. The van der Waals surface area contributed by atoms with Crippen molar-refractivity contribution in [1.29, 1.82) is 0 Å². The predicted molar refractivity (Wildman–Crippen MR) is 161 cm³/mol. The Hall–Kier alpha value is -3.72. The summed E-state index contributed by atoms with van der Waals surface area (Å²) in [5.74, 6) is -0.947. The van der Waals surface area contributed by atoms with Crippen LogP contribution in [0.25, 0.3) is 0 Å². The number of nitrogens with one attached hydrogen (secondary N) is 1. The summed E-state index contributed by atoms with van der Waals surface area (Å²) >= 11 is 0. The molecule has 3 aromatic carbocycles. The maximum absolute atomic E-state index is 14.5. The molecule has 9 heteroatoms. The van der Waals surface area contributed by atoms with E-state index in [4.69, 9.17) is 0 Å². The highest BCUT2D eigenvalue weighted by Crippen LogP contribution is 2.23. The molecule has 0 spiro atoms. The number of halogens is 1. The predicted octanol–water partition coefficient (Wildman–Crippen LogP) is 5.09. The Morgan fingerprint density at radius 2 is 1.56 bits per heavy atom. The first-order chi connectivity index (χ1) is 19.5. The third-order valence-electron chi connectivity index (χ3n) is 6.83. The van der Waals surface area contributed by atoms with Gasteiger partial charge in [-0.25, -0.2) is 12.8 Å². The second kappa shape index (κ2) is 14.8. The van der Waals surface area contributed by atoms with Gasteiger partial charge < -0.3 is 10.2 Å². The highest BCUT2D eigenvalue weighted by atomic mass is 32.2. The Bertz CT molecular complexity index is 1410. The molecule has 0 aromatic heterocycles. The van der Waals surface area contributed by atoms with Crippen LogP contribution >= 0.6 is 0 Å². The molecule has 0 aliphatic carbocycles. The molecule has 1 atom stereocenters. The van der Waals surface area contributed by atoms with Gasteiger partial charge in [0.1, 0.15) is 11.9 Å². The molecule has 7 nitrogen and oxygen atoms in total. The van der Waals surface area contributed by atoms with Crippen LogP contribution in [0.15, 0.2) is 78.9 Å². The number of aryl methyl sites for hydroxylation is 1. The zero-order valence-corrected chi connectivity index (χ0v) is 25.0. The van der Waals surface area contributed by atoms with Crippen molar-refractivity contribution in [3.05, 3.63) is 101 Å². The maximum atomic E-state index is 14.5. The molecule has 0 heterocycles. The van der Waals surface area contributed by atoms with Crippen LogP contribution in [0.1, 0.15) is 43.4 Å². The minimum atomic E-state index is -3.79. The van der Waals surface area contributed by atoms with Crippen LogP contribution in [0.3, 0.4) is 0 Å². The third-order valence-corrected chi connectivity index (χ3v) is 8.01. The summed E-state index contributed by atoms with van der Waals surface area (Å²) in [7, 11) is -3.79. The molecular weight excluding hydrogens is 541 g/mol. The number of carbonyl (C=O) groups excluding carboxylic acids is 2. The molecule has 41 heavy (non-hydrogen) atoms. The lowest BCUT2D eigenvalue weighted by atomic mass is 10.0. The molecule has 0 aliphatic rings. The zero-order chi connectivity index (χ0) is 30.0. The molecule has 1 N–H and O–H groups in total. The maximum Gasteiger partial charge on any atom is 0.243 e. The fourth-order valence-corrected chi connectivity index (χ4v) is 5.55. The minimum absolute atomic E-state index is 0.0187. The lowest BCUT2D eigenvalue weighted by Crippen LogP contribution is -2.51. The number of hydrogen-bond donors (Lipinski definition) is 1. The van der Waals surface area contributed by atoms with Crippen LogP contribution in [0.2, 0.25) is 0 Å². The number of anilines is 1. The van der Waals surface area contributed by atoms with Gasteiger partial charge in [0.15, 0.2) is 0 Å². The van der Waals surface area contributed by atoms with E-state index in [1.807, 2.05) is 75.4 Å². The fraction of sp³-hybridized carbons (Fsp3) is 0.375. The quantitative estimate of drug-likeness (QED) is 0.287. The van der Waals surface area contributed by atoms with Crippen LogP contribution in [0.5, 0.6) is 0 Å². The smallest absolute Gasteiger partial charge is 0.243 e. The molecule has 0 radical (unpaired) electrons. The summed E-state index contributed by atoms with van der Waals surface area (Å²) in [6.07, 6.45) is 1.47. The lowest BCUT2D eigenvalue weighted by Gasteiger charge is -2.32. The molecule has 3 aromatic rings. The van der Waals surface area contributed by atoms with Gasteiger partial charge >= 0.3 is 0 Å². The van der Waals surface area contributed by atoms with Gasteiger partial charge in [-0.15, -0.1) is 0 Å². The van der Waals surface area contributed by atoms with Gasteiger partial charge in [0.05, 0.1) is 11.9 Å². The second-order valence-electron chi connectivity index (χ2n) is 10.7. The molecule has 220 valence electrons. The van der Waals surface area contributed by atoms with E-state index in [1.54, 1.807) is 11.0 Å². The van der Waals surface area contributed by atoms with Crippen molar-refractivity contribution in [3.63, 3.8) is 0 Å². The van der Waals surface area contributed by atoms with Crippen LogP contribution in [0, 0.1) is 18.7 Å². The average molecular weight is 582 g/mol. The summed E-state index contributed by atoms with van der Waals surface area (Å²) in [6, 6.07) is 22.1. The first-order valence-corrected chi connectivity index (χ1v) is 15.7. The summed E-state index contributed by atoms with van der Waals surface area (Å²) in [6.45, 7) is 6.59. The molecule has 0 unspecified atom stereocenters. The lowest BCUT2D eigenvalue weighted by molar-refractivity contribution is -0.141. The minimum Gasteiger partial charge on any atom is -0.354 e. The molecule has 0 aliphatic heterocycles. The van der Waals surface area contributed by atoms with E-state index in [-0.39, 0.29) is 49.4 Å². The fourth-order valence-electron chi connectivity index (χ4n) is 4.58. The van der Waals surface area contributed by atoms with E-state index in [0.29, 0.717) is 13.0 Å². The monoisotopic (exact) mass is 581 g/mol. The van der Waals surface area contributed by atoms with Crippen LogP contribution in [0.4, 0.5) is 10.1 Å². The number of carbonyl (C=O) groups is 2. The van der Waals surface area contributed by atoms with Crippen molar-refractivity contribution in [3.8, 4) is 0 Å². The number of amides is 2. The topological polar surface area (TPSA) is 86.8 Å². The normalized spacial score (nSPS) is 12.1. The summed E-state index contributed by atoms with van der Waals surface area (Å²) in [4.78, 5) is 29.0. The van der Waals surface area contributed by atoms with Crippen LogP contribution < -0.4 is 9.62 Å². The standard InChI is InChI=1S/C32H40FN3O4S/c1-24(2)22-34-32(38)30(21-26-14-6-5-7-15-26)35(23-27-16-9-8-13-25(27)3)31(37)19-12-20-36(41(4,39)40)29-18-11-10-17-28(29)33/h5-11,13-18,24,30H,12,19-23H2,1-4H3,(H,34,38)/t30-/m0/s1. The number of benzene rings is 3. The van der Waals surface area contributed by atoms with E-state index >= 15 is 0 Å². The van der Waals surface area contributed by atoms with E-state index in [0.717, 1.165) is 27.3 Å². The Morgan fingerprint density at radius 1 is 0.927 bits per heavy atom. The van der Waals surface area contributed by atoms with E-state index < -0.39 is 21.9 Å². The van der Waals surface area contributed by atoms with Gasteiger partial charge in [-0.3, -0.25) is 13.9 Å². The van der Waals surface area contributed by atoms with Crippen molar-refractivity contribution in [2.75, 3.05) is 23.7 Å². The van der Waals surface area contributed by atoms with Crippen LogP contribution in [-0.2, 0) is 32.6 Å². The summed E-state index contributed by atoms with van der Waals surface area (Å²) in [5.41, 5.74) is 2.77. The Balaban J connectivity index is 1.90. The zero-order valence-electron chi connectivity index (χ0n) is 24.2. The van der Waals surface area contributed by atoms with Crippen molar-refractivity contribution >= 4 is 27.5 Å². The van der Waals surface area contributed by atoms with E-state index in [1.165, 1.54) is 18.2 Å². The number of para-hydroxylation sites is 1. The molecular formula is C32H40FN3O4S. The third kappa shape index (κ3) is 9.42. The summed E-state index contributed by atoms with van der Waals surface area (Å²) in [5, 5.41) is 3.00. The summed E-state index contributed by atoms with van der Waals surface area (Å²) < 4.78 is 40.5. The van der Waals surface area contributed by atoms with Crippen molar-refractivity contribution in [2.45, 2.75) is 52.6 Å². The first-order valence-electron chi connectivity index (χ1n) is 13.8. The van der Waals surface area contributed by atoms with Gasteiger partial charge in [-0.2, -0.15) is 0 Å². The van der Waals surface area contributed by atoms with Gasteiger partial charge in [0.25, 0.3) is 0 Å².